The van der Waals surface area contributed by atoms with E-state index >= 15 is 0 Å². The highest BCUT2D eigenvalue weighted by atomic mass is 32.1. The molecule has 0 atom stereocenters. The first-order valence-corrected chi connectivity index (χ1v) is 10.5. The maximum absolute atomic E-state index is 13.8. The Morgan fingerprint density at radius 3 is 2.69 bits per heavy atom. The molecule has 0 spiro atoms. The van der Waals surface area contributed by atoms with E-state index in [9.17, 15) is 4.39 Å². The number of fused-ring (bicyclic) bond motifs is 2. The lowest BCUT2D eigenvalue weighted by Crippen LogP contribution is -2.52. The summed E-state index contributed by atoms with van der Waals surface area (Å²) in [5, 5.41) is 9.56. The molecule has 2 aromatic rings. The van der Waals surface area contributed by atoms with E-state index in [1.807, 2.05) is 17.4 Å². The van der Waals surface area contributed by atoms with Crippen LogP contribution >= 0.6 is 11.3 Å². The second-order valence-electron chi connectivity index (χ2n) is 7.44. The first-order chi connectivity index (χ1) is 12.7. The van der Waals surface area contributed by atoms with Crippen LogP contribution in [0.4, 0.5) is 20.8 Å². The van der Waals surface area contributed by atoms with Crippen LogP contribution in [-0.4, -0.2) is 42.1 Å². The van der Waals surface area contributed by atoms with E-state index in [0.29, 0.717) is 0 Å². The van der Waals surface area contributed by atoms with Gasteiger partial charge in [0.05, 0.1) is 11.4 Å². The zero-order chi connectivity index (χ0) is 17.7. The summed E-state index contributed by atoms with van der Waals surface area (Å²) in [6.07, 6.45) is 3.78. The monoisotopic (exact) mass is 372 g/mol. The average molecular weight is 373 g/mol. The summed E-state index contributed by atoms with van der Waals surface area (Å²) in [5.41, 5.74) is 3.26. The van der Waals surface area contributed by atoms with Gasteiger partial charge >= 0.3 is 0 Å². The molecule has 1 N–H and O–H groups in total. The Labute approximate surface area is 158 Å². The van der Waals surface area contributed by atoms with Gasteiger partial charge in [0.2, 0.25) is 0 Å². The molecule has 3 heterocycles. The van der Waals surface area contributed by atoms with Gasteiger partial charge < -0.3 is 5.32 Å². The van der Waals surface area contributed by atoms with Crippen LogP contribution in [0.15, 0.2) is 24.3 Å². The second-order valence-corrected chi connectivity index (χ2v) is 8.56. The van der Waals surface area contributed by atoms with E-state index in [2.05, 4.69) is 33.2 Å². The van der Waals surface area contributed by atoms with Crippen molar-refractivity contribution in [3.05, 3.63) is 40.5 Å². The molecule has 0 bridgehead atoms. The fourth-order valence-electron chi connectivity index (χ4n) is 4.09. The van der Waals surface area contributed by atoms with Crippen LogP contribution in [0.1, 0.15) is 30.2 Å². The molecule has 0 unspecified atom stereocenters. The number of nitrogens with one attached hydrogen (secondary N) is 1. The van der Waals surface area contributed by atoms with E-state index in [0.717, 1.165) is 56.6 Å². The van der Waals surface area contributed by atoms with Crippen LogP contribution < -0.4 is 10.3 Å². The molecule has 6 heteroatoms. The molecule has 0 radical (unpaired) electrons. The quantitative estimate of drug-likeness (QED) is 0.871. The van der Waals surface area contributed by atoms with Crippen molar-refractivity contribution < 1.29 is 4.39 Å². The van der Waals surface area contributed by atoms with Crippen molar-refractivity contribution in [2.45, 2.75) is 38.8 Å². The fourth-order valence-corrected chi connectivity index (χ4v) is 5.24. The van der Waals surface area contributed by atoms with Gasteiger partial charge in [0.1, 0.15) is 10.8 Å². The standard InChI is InChI=1S/C20H25FN4S/c1-2-17-11-14-13-22-18-12-15(21)3-6-19(18)25(20(14)26-17)24-9-7-23(8-10-24)16-4-5-16/h3,6,11-12,16,22H,2,4-5,7-10,13H2,1H3. The summed E-state index contributed by atoms with van der Waals surface area (Å²) in [7, 11) is 0. The van der Waals surface area contributed by atoms with Crippen molar-refractivity contribution >= 4 is 27.7 Å². The lowest BCUT2D eigenvalue weighted by molar-refractivity contribution is 0.127. The number of hydrazine groups is 1. The largest absolute Gasteiger partial charge is 0.379 e. The van der Waals surface area contributed by atoms with Crippen LogP contribution in [0.25, 0.3) is 0 Å². The normalized spacial score (nSPS) is 21.1. The lowest BCUT2D eigenvalue weighted by Gasteiger charge is -2.42. The SMILES string of the molecule is CCc1cc2c(s1)N(N1CCN(C3CC3)CC1)c1ccc(F)cc1NC2. The molecule has 0 amide bonds. The molecule has 5 rings (SSSR count). The molecule has 26 heavy (non-hydrogen) atoms. The number of piperazine rings is 1. The molecular formula is C20H25FN4S. The number of thiophene rings is 1. The molecule has 1 aromatic carbocycles. The molecular weight excluding hydrogens is 347 g/mol. The summed E-state index contributed by atoms with van der Waals surface area (Å²) >= 11 is 1.87. The van der Waals surface area contributed by atoms with Crippen molar-refractivity contribution in [1.29, 1.82) is 0 Å². The summed E-state index contributed by atoms with van der Waals surface area (Å²) < 4.78 is 13.8. The molecule has 1 saturated heterocycles. The summed E-state index contributed by atoms with van der Waals surface area (Å²) in [6, 6.07) is 8.26. The summed E-state index contributed by atoms with van der Waals surface area (Å²) in [6.45, 7) is 7.23. The molecule has 2 fully saturated rings. The van der Waals surface area contributed by atoms with Gasteiger partial charge in [0.25, 0.3) is 0 Å². The van der Waals surface area contributed by atoms with E-state index in [1.165, 1.54) is 28.3 Å². The van der Waals surface area contributed by atoms with Gasteiger partial charge in [-0.2, -0.15) is 0 Å². The Kier molecular flexibility index (Phi) is 4.14. The van der Waals surface area contributed by atoms with E-state index in [-0.39, 0.29) is 5.82 Å². The van der Waals surface area contributed by atoms with Crippen LogP contribution in [0.2, 0.25) is 0 Å². The van der Waals surface area contributed by atoms with Gasteiger partial charge in [0, 0.05) is 49.2 Å². The van der Waals surface area contributed by atoms with Gasteiger partial charge in [-0.15, -0.1) is 11.3 Å². The van der Waals surface area contributed by atoms with Gasteiger partial charge in [-0.05, 0) is 43.5 Å². The maximum atomic E-state index is 13.8. The predicted molar refractivity (Wildman–Crippen MR) is 106 cm³/mol. The summed E-state index contributed by atoms with van der Waals surface area (Å²) in [5.74, 6) is -0.186. The number of benzene rings is 1. The molecule has 1 saturated carbocycles. The number of hydrogen-bond donors (Lipinski definition) is 1. The van der Waals surface area contributed by atoms with E-state index < -0.39 is 0 Å². The Bertz CT molecular complexity index is 808. The van der Waals surface area contributed by atoms with Crippen molar-refractivity contribution in [2.24, 2.45) is 0 Å². The third-order valence-corrected chi connectivity index (χ3v) is 6.97. The first kappa shape index (κ1) is 16.5. The highest BCUT2D eigenvalue weighted by Gasteiger charge is 2.35. The minimum Gasteiger partial charge on any atom is -0.379 e. The number of rotatable bonds is 3. The number of nitrogens with zero attached hydrogens (tertiary/aromatic N) is 3. The minimum absolute atomic E-state index is 0.186. The highest BCUT2D eigenvalue weighted by Crippen LogP contribution is 2.44. The number of aryl methyl sites for hydroxylation is 1. The Balaban J connectivity index is 1.52. The first-order valence-electron chi connectivity index (χ1n) is 9.67. The zero-order valence-corrected chi connectivity index (χ0v) is 16.0. The molecule has 138 valence electrons. The molecule has 2 aliphatic heterocycles. The topological polar surface area (TPSA) is 21.8 Å². The lowest BCUT2D eigenvalue weighted by atomic mass is 10.2. The highest BCUT2D eigenvalue weighted by molar-refractivity contribution is 7.16. The zero-order valence-electron chi connectivity index (χ0n) is 15.2. The Hall–Kier alpha value is -1.63. The van der Waals surface area contributed by atoms with Gasteiger partial charge in [-0.3, -0.25) is 9.91 Å². The minimum atomic E-state index is -0.186. The summed E-state index contributed by atoms with van der Waals surface area (Å²) in [4.78, 5) is 4.04. The number of hydrogen-bond acceptors (Lipinski definition) is 5. The molecule has 3 aliphatic rings. The maximum Gasteiger partial charge on any atom is 0.125 e. The third-order valence-electron chi connectivity index (χ3n) is 5.67. The van der Waals surface area contributed by atoms with Gasteiger partial charge in [-0.1, -0.05) is 6.92 Å². The van der Waals surface area contributed by atoms with Gasteiger partial charge in [0.15, 0.2) is 0 Å². The van der Waals surface area contributed by atoms with Gasteiger partial charge in [-0.25, -0.2) is 9.40 Å². The number of anilines is 3. The van der Waals surface area contributed by atoms with Crippen molar-refractivity contribution in [2.75, 3.05) is 36.5 Å². The van der Waals surface area contributed by atoms with E-state index in [1.54, 1.807) is 12.1 Å². The Morgan fingerprint density at radius 2 is 1.96 bits per heavy atom. The van der Waals surface area contributed by atoms with Crippen LogP contribution in [0, 0.1) is 5.82 Å². The Morgan fingerprint density at radius 1 is 1.15 bits per heavy atom. The van der Waals surface area contributed by atoms with Crippen LogP contribution in [0.5, 0.6) is 0 Å². The third kappa shape index (κ3) is 2.90. The van der Waals surface area contributed by atoms with Crippen molar-refractivity contribution in [3.8, 4) is 0 Å². The van der Waals surface area contributed by atoms with Crippen LogP contribution in [-0.2, 0) is 13.0 Å². The average Bonchev–Trinajstić information content (AvgIpc) is 3.45. The smallest absolute Gasteiger partial charge is 0.125 e. The van der Waals surface area contributed by atoms with Crippen molar-refractivity contribution in [3.63, 3.8) is 0 Å². The van der Waals surface area contributed by atoms with Crippen LogP contribution in [0.3, 0.4) is 0 Å². The number of halogens is 1. The van der Waals surface area contributed by atoms with E-state index in [4.69, 9.17) is 0 Å². The molecule has 4 nitrogen and oxygen atoms in total. The van der Waals surface area contributed by atoms with Crippen molar-refractivity contribution in [1.82, 2.24) is 9.91 Å². The second kappa shape index (κ2) is 6.51. The molecule has 1 aromatic heterocycles. The molecule has 1 aliphatic carbocycles. The predicted octanol–water partition coefficient (Wildman–Crippen LogP) is 4.21. The fraction of sp³-hybridized carbons (Fsp3) is 0.500.